The summed E-state index contributed by atoms with van der Waals surface area (Å²) in [5.74, 6) is 0.290. The lowest BCUT2D eigenvalue weighted by Crippen LogP contribution is -2.46. The van der Waals surface area contributed by atoms with Gasteiger partial charge in [0.05, 0.1) is 10.6 Å². The maximum Gasteiger partial charge on any atom is 0.241 e. The molecule has 0 radical (unpaired) electrons. The first-order chi connectivity index (χ1) is 14.5. The molecular formula is C21H24N4O3S2. The van der Waals surface area contributed by atoms with Gasteiger partial charge in [-0.05, 0) is 48.3 Å². The molecule has 0 aliphatic carbocycles. The average Bonchev–Trinajstić information content (AvgIpc) is 3.30. The third kappa shape index (κ3) is 5.71. The second-order valence-electron chi connectivity index (χ2n) is 6.57. The van der Waals surface area contributed by atoms with Crippen molar-refractivity contribution >= 4 is 27.7 Å². The third-order valence-corrected chi connectivity index (χ3v) is 6.61. The zero-order valence-electron chi connectivity index (χ0n) is 16.6. The van der Waals surface area contributed by atoms with Crippen LogP contribution in [0.25, 0.3) is 5.69 Å². The van der Waals surface area contributed by atoms with E-state index in [1.165, 1.54) is 12.1 Å². The van der Waals surface area contributed by atoms with Crippen molar-refractivity contribution in [3.8, 4) is 5.69 Å². The molecule has 158 valence electrons. The fourth-order valence-corrected chi connectivity index (χ4v) is 4.66. The first-order valence-corrected chi connectivity index (χ1v) is 12.3. The van der Waals surface area contributed by atoms with E-state index in [-0.39, 0.29) is 17.3 Å². The molecule has 9 heteroatoms. The standard InChI is InChI=1S/C21H24N4O3S2/c1-29-15-12-19(24-30(27,28)18-9-3-2-4-10-18)21(26)22-16-17-8-5-6-11-20(17)25-14-7-13-23-25/h2-11,13-14,19,24H,12,15-16H2,1H3,(H,22,26). The number of hydrogen-bond acceptors (Lipinski definition) is 5. The van der Waals surface area contributed by atoms with Crippen LogP contribution in [0.4, 0.5) is 0 Å². The van der Waals surface area contributed by atoms with Crippen molar-refractivity contribution in [1.29, 1.82) is 0 Å². The summed E-state index contributed by atoms with van der Waals surface area (Å²) in [5, 5.41) is 7.11. The Morgan fingerprint density at radius 1 is 1.10 bits per heavy atom. The van der Waals surface area contributed by atoms with E-state index in [4.69, 9.17) is 0 Å². The van der Waals surface area contributed by atoms with Gasteiger partial charge in [-0.3, -0.25) is 4.79 Å². The minimum atomic E-state index is -3.80. The Morgan fingerprint density at radius 2 is 1.83 bits per heavy atom. The molecule has 2 aromatic carbocycles. The van der Waals surface area contributed by atoms with Gasteiger partial charge in [0.2, 0.25) is 15.9 Å². The Hall–Kier alpha value is -2.62. The van der Waals surface area contributed by atoms with Gasteiger partial charge in [0, 0.05) is 18.9 Å². The SMILES string of the molecule is CSCCC(NS(=O)(=O)c1ccccc1)C(=O)NCc1ccccc1-n1cccn1. The van der Waals surface area contributed by atoms with Crippen LogP contribution in [0.1, 0.15) is 12.0 Å². The number of rotatable bonds is 10. The van der Waals surface area contributed by atoms with Gasteiger partial charge in [-0.15, -0.1) is 0 Å². The molecule has 0 aliphatic rings. The highest BCUT2D eigenvalue weighted by Crippen LogP contribution is 2.14. The van der Waals surface area contributed by atoms with E-state index in [1.54, 1.807) is 40.8 Å². The van der Waals surface area contributed by atoms with Gasteiger partial charge in [0.15, 0.2) is 0 Å². The molecule has 3 aromatic rings. The first kappa shape index (κ1) is 22.1. The fraction of sp³-hybridized carbons (Fsp3) is 0.238. The van der Waals surface area contributed by atoms with E-state index in [0.29, 0.717) is 12.2 Å². The number of sulfonamides is 1. The normalized spacial score (nSPS) is 12.4. The van der Waals surface area contributed by atoms with Crippen LogP contribution in [-0.2, 0) is 21.4 Å². The van der Waals surface area contributed by atoms with Crippen LogP contribution < -0.4 is 10.0 Å². The summed E-state index contributed by atoms with van der Waals surface area (Å²) in [6.07, 6.45) is 5.82. The van der Waals surface area contributed by atoms with E-state index in [1.807, 2.05) is 42.8 Å². The second kappa shape index (κ2) is 10.4. The molecule has 1 atom stereocenters. The lowest BCUT2D eigenvalue weighted by atomic mass is 10.1. The van der Waals surface area contributed by atoms with Crippen LogP contribution in [0.2, 0.25) is 0 Å². The molecule has 7 nitrogen and oxygen atoms in total. The molecule has 3 rings (SSSR count). The summed E-state index contributed by atoms with van der Waals surface area (Å²) < 4.78 is 29.6. The van der Waals surface area contributed by atoms with Gasteiger partial charge in [-0.1, -0.05) is 36.4 Å². The van der Waals surface area contributed by atoms with Gasteiger partial charge in [-0.2, -0.15) is 21.6 Å². The quantitative estimate of drug-likeness (QED) is 0.501. The van der Waals surface area contributed by atoms with Crippen LogP contribution in [0.5, 0.6) is 0 Å². The van der Waals surface area contributed by atoms with Gasteiger partial charge in [0.1, 0.15) is 6.04 Å². The van der Waals surface area contributed by atoms with E-state index in [9.17, 15) is 13.2 Å². The number of amides is 1. The fourth-order valence-electron chi connectivity index (χ4n) is 2.93. The molecule has 0 saturated carbocycles. The molecule has 0 spiro atoms. The maximum atomic E-state index is 12.9. The number of thioether (sulfide) groups is 1. The van der Waals surface area contributed by atoms with E-state index >= 15 is 0 Å². The summed E-state index contributed by atoms with van der Waals surface area (Å²) in [6, 6.07) is 16.6. The van der Waals surface area contributed by atoms with Gasteiger partial charge in [0.25, 0.3) is 0 Å². The van der Waals surface area contributed by atoms with Gasteiger partial charge < -0.3 is 5.32 Å². The van der Waals surface area contributed by atoms with Crippen molar-refractivity contribution in [3.05, 3.63) is 78.6 Å². The molecule has 30 heavy (non-hydrogen) atoms. The van der Waals surface area contributed by atoms with E-state index in [2.05, 4.69) is 15.1 Å². The highest BCUT2D eigenvalue weighted by atomic mass is 32.2. The van der Waals surface area contributed by atoms with Crippen molar-refractivity contribution in [2.45, 2.75) is 23.9 Å². The summed E-state index contributed by atoms with van der Waals surface area (Å²) in [6.45, 7) is 0.262. The monoisotopic (exact) mass is 444 g/mol. The van der Waals surface area contributed by atoms with Gasteiger partial charge >= 0.3 is 0 Å². The summed E-state index contributed by atoms with van der Waals surface area (Å²) in [4.78, 5) is 13.0. The number of nitrogens with one attached hydrogen (secondary N) is 2. The summed E-state index contributed by atoms with van der Waals surface area (Å²) in [5.41, 5.74) is 1.73. The van der Waals surface area contributed by atoms with Crippen molar-refractivity contribution in [2.75, 3.05) is 12.0 Å². The van der Waals surface area contributed by atoms with Crippen LogP contribution in [0.15, 0.2) is 78.0 Å². The first-order valence-electron chi connectivity index (χ1n) is 9.43. The van der Waals surface area contributed by atoms with E-state index in [0.717, 1.165) is 11.3 Å². The molecule has 1 amide bonds. The number of hydrogen-bond donors (Lipinski definition) is 2. The number of carbonyl (C=O) groups is 1. The topological polar surface area (TPSA) is 93.1 Å². The molecule has 1 unspecified atom stereocenters. The van der Waals surface area contributed by atoms with Crippen molar-refractivity contribution < 1.29 is 13.2 Å². The second-order valence-corrected chi connectivity index (χ2v) is 9.27. The zero-order valence-corrected chi connectivity index (χ0v) is 18.2. The third-order valence-electron chi connectivity index (χ3n) is 4.47. The maximum absolute atomic E-state index is 12.9. The Morgan fingerprint density at radius 3 is 2.53 bits per heavy atom. The number of para-hydroxylation sites is 1. The summed E-state index contributed by atoms with van der Waals surface area (Å²) >= 11 is 1.56. The lowest BCUT2D eigenvalue weighted by Gasteiger charge is -2.19. The zero-order chi connectivity index (χ0) is 21.4. The lowest BCUT2D eigenvalue weighted by molar-refractivity contribution is -0.122. The van der Waals surface area contributed by atoms with Crippen molar-refractivity contribution in [3.63, 3.8) is 0 Å². The molecule has 1 aromatic heterocycles. The Kier molecular flexibility index (Phi) is 7.67. The average molecular weight is 445 g/mol. The molecule has 0 fully saturated rings. The minimum Gasteiger partial charge on any atom is -0.351 e. The Balaban J connectivity index is 1.72. The Labute approximate surface area is 180 Å². The highest BCUT2D eigenvalue weighted by molar-refractivity contribution is 7.98. The Bertz CT molecular complexity index is 1050. The number of aromatic nitrogens is 2. The predicted octanol–water partition coefficient (Wildman–Crippen LogP) is 2.59. The largest absolute Gasteiger partial charge is 0.351 e. The van der Waals surface area contributed by atoms with Crippen molar-refractivity contribution in [1.82, 2.24) is 19.8 Å². The van der Waals surface area contributed by atoms with Crippen LogP contribution in [0, 0.1) is 0 Å². The predicted molar refractivity (Wildman–Crippen MR) is 119 cm³/mol. The smallest absolute Gasteiger partial charge is 0.241 e. The van der Waals surface area contributed by atoms with Crippen LogP contribution in [0.3, 0.4) is 0 Å². The molecule has 0 saturated heterocycles. The molecule has 0 aliphatic heterocycles. The van der Waals surface area contributed by atoms with E-state index < -0.39 is 16.1 Å². The van der Waals surface area contributed by atoms with Crippen molar-refractivity contribution in [2.24, 2.45) is 0 Å². The number of benzene rings is 2. The molecular weight excluding hydrogens is 420 g/mol. The van der Waals surface area contributed by atoms with Gasteiger partial charge in [-0.25, -0.2) is 13.1 Å². The number of nitrogens with zero attached hydrogens (tertiary/aromatic N) is 2. The molecule has 2 N–H and O–H groups in total. The summed E-state index contributed by atoms with van der Waals surface area (Å²) in [7, 11) is -3.80. The minimum absolute atomic E-state index is 0.135. The molecule has 0 bridgehead atoms. The molecule has 1 heterocycles. The number of carbonyl (C=O) groups excluding carboxylic acids is 1. The highest BCUT2D eigenvalue weighted by Gasteiger charge is 2.25. The van der Waals surface area contributed by atoms with Crippen LogP contribution >= 0.6 is 11.8 Å². The van der Waals surface area contributed by atoms with Crippen LogP contribution in [-0.4, -0.2) is 42.2 Å².